The van der Waals surface area contributed by atoms with E-state index in [1.54, 1.807) is 23.9 Å². The van der Waals surface area contributed by atoms with Gasteiger partial charge in [0, 0.05) is 23.9 Å². The van der Waals surface area contributed by atoms with Crippen LogP contribution in [0.3, 0.4) is 0 Å². The third-order valence-corrected chi connectivity index (χ3v) is 3.28. The Bertz CT molecular complexity index is 825. The summed E-state index contributed by atoms with van der Waals surface area (Å²) in [5, 5.41) is 14.3. The summed E-state index contributed by atoms with van der Waals surface area (Å²) in [6.07, 6.45) is 0. The fraction of sp³-hybridized carbons (Fsp3) is 0.125. The van der Waals surface area contributed by atoms with E-state index in [1.807, 2.05) is 43.3 Å². The summed E-state index contributed by atoms with van der Waals surface area (Å²) in [6, 6.07) is 14.9. The van der Waals surface area contributed by atoms with Crippen molar-refractivity contribution in [2.24, 2.45) is 7.05 Å². The van der Waals surface area contributed by atoms with E-state index in [0.717, 1.165) is 16.8 Å². The molecule has 0 bridgehead atoms. The van der Waals surface area contributed by atoms with Gasteiger partial charge in [-0.15, -0.1) is 5.10 Å². The van der Waals surface area contributed by atoms with Crippen LogP contribution in [0.25, 0.3) is 11.4 Å². The number of nitrogens with one attached hydrogen (secondary N) is 1. The molecule has 1 aromatic heterocycles. The average Bonchev–Trinajstić information content (AvgIpc) is 2.93. The molecule has 1 N–H and O–H groups in total. The highest BCUT2D eigenvalue weighted by atomic mass is 16.1. The van der Waals surface area contributed by atoms with Gasteiger partial charge >= 0.3 is 0 Å². The quantitative estimate of drug-likeness (QED) is 0.805. The second-order valence-electron chi connectivity index (χ2n) is 5.03. The molecule has 0 fully saturated rings. The Morgan fingerprint density at radius 1 is 1.14 bits per heavy atom. The number of hydrogen-bond acceptors (Lipinski definition) is 4. The summed E-state index contributed by atoms with van der Waals surface area (Å²) >= 11 is 0. The number of amides is 1. The summed E-state index contributed by atoms with van der Waals surface area (Å²) in [6.45, 7) is 1.98. The molecule has 0 spiro atoms. The number of carbonyl (C=O) groups excluding carboxylic acids is 1. The van der Waals surface area contributed by atoms with Crippen LogP contribution in [0.4, 0.5) is 5.69 Å². The number of tetrazole rings is 1. The topological polar surface area (TPSA) is 72.7 Å². The molecular weight excluding hydrogens is 278 g/mol. The molecule has 6 heteroatoms. The zero-order chi connectivity index (χ0) is 15.5. The molecule has 1 heterocycles. The van der Waals surface area contributed by atoms with Crippen LogP contribution in [0, 0.1) is 6.92 Å². The van der Waals surface area contributed by atoms with Gasteiger partial charge in [-0.05, 0) is 47.2 Å². The van der Waals surface area contributed by atoms with Crippen LogP contribution in [-0.2, 0) is 7.05 Å². The summed E-state index contributed by atoms with van der Waals surface area (Å²) in [7, 11) is 1.76. The second kappa shape index (κ2) is 5.77. The molecular formula is C16H15N5O. The Kier molecular flexibility index (Phi) is 3.65. The lowest BCUT2D eigenvalue weighted by molar-refractivity contribution is 0.102. The molecule has 0 atom stereocenters. The van der Waals surface area contributed by atoms with Crippen LogP contribution in [0.5, 0.6) is 0 Å². The molecule has 0 saturated carbocycles. The van der Waals surface area contributed by atoms with Crippen molar-refractivity contribution in [3.05, 3.63) is 59.7 Å². The number of rotatable bonds is 3. The first-order valence-corrected chi connectivity index (χ1v) is 6.84. The van der Waals surface area contributed by atoms with Gasteiger partial charge in [-0.3, -0.25) is 4.79 Å². The third-order valence-electron chi connectivity index (χ3n) is 3.28. The first-order chi connectivity index (χ1) is 10.6. The van der Waals surface area contributed by atoms with Crippen molar-refractivity contribution in [3.8, 4) is 11.4 Å². The van der Waals surface area contributed by atoms with Gasteiger partial charge < -0.3 is 5.32 Å². The number of nitrogens with zero attached hydrogens (tertiary/aromatic N) is 4. The van der Waals surface area contributed by atoms with E-state index in [2.05, 4.69) is 20.8 Å². The van der Waals surface area contributed by atoms with Crippen LogP contribution in [0.1, 0.15) is 15.9 Å². The highest BCUT2D eigenvalue weighted by Gasteiger charge is 2.10. The van der Waals surface area contributed by atoms with Crippen molar-refractivity contribution in [1.29, 1.82) is 0 Å². The Morgan fingerprint density at radius 3 is 2.68 bits per heavy atom. The van der Waals surface area contributed by atoms with Crippen LogP contribution >= 0.6 is 0 Å². The molecule has 0 saturated heterocycles. The Hall–Kier alpha value is -3.02. The van der Waals surface area contributed by atoms with E-state index < -0.39 is 0 Å². The van der Waals surface area contributed by atoms with E-state index in [0.29, 0.717) is 11.4 Å². The molecule has 3 rings (SSSR count). The minimum absolute atomic E-state index is 0.164. The molecule has 2 aromatic carbocycles. The normalized spacial score (nSPS) is 10.5. The van der Waals surface area contributed by atoms with E-state index in [-0.39, 0.29) is 5.91 Å². The van der Waals surface area contributed by atoms with Gasteiger partial charge in [0.05, 0.1) is 0 Å². The third kappa shape index (κ3) is 2.85. The lowest BCUT2D eigenvalue weighted by Gasteiger charge is -2.07. The summed E-state index contributed by atoms with van der Waals surface area (Å²) < 4.78 is 1.57. The summed E-state index contributed by atoms with van der Waals surface area (Å²) in [5.74, 6) is 0.452. The fourth-order valence-corrected chi connectivity index (χ4v) is 2.20. The van der Waals surface area contributed by atoms with Crippen molar-refractivity contribution >= 4 is 11.6 Å². The number of anilines is 1. The monoisotopic (exact) mass is 293 g/mol. The molecule has 6 nitrogen and oxygen atoms in total. The van der Waals surface area contributed by atoms with Crippen LogP contribution in [0.15, 0.2) is 48.5 Å². The molecule has 0 aliphatic carbocycles. The van der Waals surface area contributed by atoms with Gasteiger partial charge in [-0.2, -0.15) is 0 Å². The van der Waals surface area contributed by atoms with Crippen LogP contribution in [-0.4, -0.2) is 26.1 Å². The van der Waals surface area contributed by atoms with Crippen molar-refractivity contribution in [2.75, 3.05) is 5.32 Å². The molecule has 0 aliphatic heterocycles. The Labute approximate surface area is 127 Å². The largest absolute Gasteiger partial charge is 0.322 e. The molecule has 1 amide bonds. The van der Waals surface area contributed by atoms with Gasteiger partial charge in [0.25, 0.3) is 5.91 Å². The smallest absolute Gasteiger partial charge is 0.255 e. The van der Waals surface area contributed by atoms with Gasteiger partial charge in [-0.25, -0.2) is 4.68 Å². The van der Waals surface area contributed by atoms with Crippen LogP contribution in [0.2, 0.25) is 0 Å². The van der Waals surface area contributed by atoms with Gasteiger partial charge in [0.2, 0.25) is 0 Å². The summed E-state index contributed by atoms with van der Waals surface area (Å²) in [5.41, 5.74) is 3.22. The zero-order valence-electron chi connectivity index (χ0n) is 12.3. The molecule has 3 aromatic rings. The van der Waals surface area contributed by atoms with Gasteiger partial charge in [0.1, 0.15) is 0 Å². The SMILES string of the molecule is Cc1cccc(NC(=O)c2cccc(-c3nnnn3C)c2)c1. The molecule has 0 aliphatic rings. The zero-order valence-corrected chi connectivity index (χ0v) is 12.3. The lowest BCUT2D eigenvalue weighted by atomic mass is 10.1. The number of aromatic nitrogens is 4. The molecule has 22 heavy (non-hydrogen) atoms. The maximum absolute atomic E-state index is 12.4. The number of carbonyl (C=O) groups is 1. The van der Waals surface area contributed by atoms with Gasteiger partial charge in [-0.1, -0.05) is 24.3 Å². The van der Waals surface area contributed by atoms with Crippen LogP contribution < -0.4 is 5.32 Å². The number of hydrogen-bond donors (Lipinski definition) is 1. The van der Waals surface area contributed by atoms with E-state index in [1.165, 1.54) is 0 Å². The standard InChI is InChI=1S/C16H15N5O/c1-11-5-3-8-14(9-11)17-16(22)13-7-4-6-12(10-13)15-18-19-20-21(15)2/h3-10H,1-2H3,(H,17,22). The number of benzene rings is 2. The Morgan fingerprint density at radius 2 is 1.95 bits per heavy atom. The van der Waals surface area contributed by atoms with Gasteiger partial charge in [0.15, 0.2) is 5.82 Å². The van der Waals surface area contributed by atoms with Crippen molar-refractivity contribution in [2.45, 2.75) is 6.92 Å². The highest BCUT2D eigenvalue weighted by molar-refractivity contribution is 6.04. The highest BCUT2D eigenvalue weighted by Crippen LogP contribution is 2.18. The predicted molar refractivity (Wildman–Crippen MR) is 83.4 cm³/mol. The lowest BCUT2D eigenvalue weighted by Crippen LogP contribution is -2.12. The first kappa shape index (κ1) is 13.9. The van der Waals surface area contributed by atoms with E-state index in [9.17, 15) is 4.79 Å². The number of aryl methyl sites for hydroxylation is 2. The molecule has 110 valence electrons. The van der Waals surface area contributed by atoms with E-state index in [4.69, 9.17) is 0 Å². The van der Waals surface area contributed by atoms with Crippen molar-refractivity contribution in [1.82, 2.24) is 20.2 Å². The maximum Gasteiger partial charge on any atom is 0.255 e. The molecule has 0 unspecified atom stereocenters. The fourth-order valence-electron chi connectivity index (χ4n) is 2.20. The average molecular weight is 293 g/mol. The first-order valence-electron chi connectivity index (χ1n) is 6.84. The van der Waals surface area contributed by atoms with Crippen molar-refractivity contribution in [3.63, 3.8) is 0 Å². The second-order valence-corrected chi connectivity index (χ2v) is 5.03. The summed E-state index contributed by atoms with van der Waals surface area (Å²) in [4.78, 5) is 12.4. The predicted octanol–water partition coefficient (Wildman–Crippen LogP) is 2.44. The minimum Gasteiger partial charge on any atom is -0.322 e. The molecule has 0 radical (unpaired) electrons. The maximum atomic E-state index is 12.4. The van der Waals surface area contributed by atoms with E-state index >= 15 is 0 Å². The van der Waals surface area contributed by atoms with Crippen molar-refractivity contribution < 1.29 is 4.79 Å². The minimum atomic E-state index is -0.164. The Balaban J connectivity index is 1.86.